The molecule has 6 saturated carbocycles. The fourth-order valence-corrected chi connectivity index (χ4v) is 17.4. The summed E-state index contributed by atoms with van der Waals surface area (Å²) in [7, 11) is 5.88. The fraction of sp³-hybridized carbons (Fsp3) is 0.769. The van der Waals surface area contributed by atoms with E-state index < -0.39 is 22.4 Å². The summed E-state index contributed by atoms with van der Waals surface area (Å²) in [5, 5.41) is 49.5. The predicted molar refractivity (Wildman–Crippen MR) is 281 cm³/mol. The Morgan fingerprint density at radius 1 is 0.682 bits per heavy atom. The van der Waals surface area contributed by atoms with E-state index in [0.717, 1.165) is 77.3 Å². The van der Waals surface area contributed by atoms with Gasteiger partial charge in [-0.3, -0.25) is 0 Å². The average Bonchev–Trinajstić information content (AvgIpc) is 3.80. The Morgan fingerprint density at radius 2 is 1.12 bits per heavy atom. The van der Waals surface area contributed by atoms with Crippen LogP contribution in [0.1, 0.15) is 136 Å². The van der Waals surface area contributed by atoms with E-state index in [2.05, 4.69) is 131 Å². The van der Waals surface area contributed by atoms with Gasteiger partial charge in [0.25, 0.3) is 0 Å². The minimum atomic E-state index is -0.911. The zero-order chi connectivity index (χ0) is 47.1. The summed E-state index contributed by atoms with van der Waals surface area (Å²) >= 11 is 7.39. The van der Waals surface area contributed by atoms with Gasteiger partial charge in [-0.05, 0) is 132 Å². The van der Waals surface area contributed by atoms with Crippen LogP contribution in [0.3, 0.4) is 0 Å². The molecule has 14 unspecified atom stereocenters. The van der Waals surface area contributed by atoms with Gasteiger partial charge in [-0.25, -0.2) is 0 Å². The van der Waals surface area contributed by atoms with E-state index in [1.165, 1.54) is 22.3 Å². The molecular weight excluding hydrogens is 1210 g/mol. The number of nitrogens with zero attached hydrogens (tertiary/aromatic N) is 1. The summed E-state index contributed by atoms with van der Waals surface area (Å²) in [6.07, 6.45) is 9.41. The standard InChI is InChI=1S/C26H37NO4.C25H35NO4.CH4.3HI.V/c1-22(2,3)23(4,29)17-14-24-9-10-26(17,30-6)21-25(24)11-12-27(5)18(24)13-15-7-8-16(28)20(31-21)19(15)25;1-21(2,3)22(4,28)16-13-23-8-9-25(16,29-5)20-24(23)10-11-26-17(23)12-14-6-7-15(27)19(30-20)18(14)24;;;;;/h7-8,17-18,21,28-29H,9-14H2,1-6H3;6-7,16-17,20,26-28H,8-13H2,1-5H3;1H4;3*1H;/q;;;;;;+3/p-3. The van der Waals surface area contributed by atoms with Gasteiger partial charge >= 0.3 is 64.9 Å². The predicted octanol–water partition coefficient (Wildman–Crippen LogP) is 10.2. The van der Waals surface area contributed by atoms with Gasteiger partial charge in [-0.1, -0.05) is 61.1 Å². The molecule has 14 heteroatoms. The van der Waals surface area contributed by atoms with Crippen molar-refractivity contribution in [1.82, 2.24) is 10.2 Å². The molecular formula is C52H76I3N2O8V. The van der Waals surface area contributed by atoms with Crippen molar-refractivity contribution in [2.75, 3.05) is 34.4 Å². The molecule has 14 atom stereocenters. The quantitative estimate of drug-likeness (QED) is 0.189. The Kier molecular flexibility index (Phi) is 12.5. The number of hydrogen-bond acceptors (Lipinski definition) is 10. The Bertz CT molecular complexity index is 2280. The van der Waals surface area contributed by atoms with E-state index in [-0.39, 0.29) is 80.4 Å². The Balaban J connectivity index is 0.000000152. The summed E-state index contributed by atoms with van der Waals surface area (Å²) in [6, 6.07) is 8.60. The zero-order valence-electron chi connectivity index (χ0n) is 40.2. The second-order valence-corrected chi connectivity index (χ2v) is 59.7. The molecule has 2 aromatic rings. The van der Waals surface area contributed by atoms with E-state index >= 15 is 0 Å². The number of likely N-dealkylation sites (tertiary alicyclic amines) is 1. The van der Waals surface area contributed by atoms with Crippen LogP contribution in [0.15, 0.2) is 24.3 Å². The summed E-state index contributed by atoms with van der Waals surface area (Å²) in [4.78, 5) is 2.28. The zero-order valence-corrected chi connectivity index (χ0v) is 48.1. The molecule has 0 radical (unpaired) electrons. The molecule has 66 heavy (non-hydrogen) atoms. The molecule has 0 aromatic heterocycles. The van der Waals surface area contributed by atoms with Crippen molar-refractivity contribution in [1.29, 1.82) is 0 Å². The maximum absolute atomic E-state index is 12.0. The number of benzene rings is 2. The van der Waals surface area contributed by atoms with Crippen LogP contribution in [0.5, 0.6) is 23.0 Å². The number of ether oxygens (including phenoxy) is 4. The number of hydrogen-bond donors (Lipinski definition) is 5. The first-order valence-corrected chi connectivity index (χ1v) is 37.6. The SMILES string of the molecule is C.COC12CCC3(CC1C(C)(O)C(C)(C)C)C1Cc4ccc(O)c5c4C3(CCN1)C2O5.COC12CCC3(CC1C(C)(O)C(C)(C)C)C1Cc4ccc(O)c5c4C3(CCN1C)C2O5.[I][V]([I])[I]. The molecule has 2 aromatic carbocycles. The van der Waals surface area contributed by atoms with Gasteiger partial charge < -0.3 is 49.6 Å². The Hall–Kier alpha value is 0.174. The van der Waals surface area contributed by atoms with Crippen molar-refractivity contribution in [2.45, 2.75) is 185 Å². The molecule has 8 fully saturated rings. The van der Waals surface area contributed by atoms with Gasteiger partial charge in [-0.15, -0.1) is 0 Å². The molecule has 4 heterocycles. The maximum atomic E-state index is 12.0. The van der Waals surface area contributed by atoms with Gasteiger partial charge in [0.05, 0.1) is 11.2 Å². The molecule has 4 spiro atoms. The van der Waals surface area contributed by atoms with E-state index in [1.54, 1.807) is 19.2 Å². The van der Waals surface area contributed by atoms with Gasteiger partial charge in [0, 0.05) is 70.9 Å². The van der Waals surface area contributed by atoms with Crippen molar-refractivity contribution in [2.24, 2.45) is 33.5 Å². The van der Waals surface area contributed by atoms with Crippen molar-refractivity contribution in [3.63, 3.8) is 0 Å². The number of aromatic hydroxyl groups is 2. The number of piperidine rings is 2. The number of nitrogens with one attached hydrogen (secondary N) is 1. The monoisotopic (exact) mass is 1290 g/mol. The van der Waals surface area contributed by atoms with Crippen LogP contribution in [0.4, 0.5) is 0 Å². The molecule has 5 N–H and O–H groups in total. The van der Waals surface area contributed by atoms with Crippen LogP contribution < -0.4 is 14.8 Å². The molecule has 14 rings (SSSR count). The number of phenolic OH excluding ortho intramolecular Hbond substituents is 2. The third kappa shape index (κ3) is 6.08. The minimum absolute atomic E-state index is 0. The van der Waals surface area contributed by atoms with Gasteiger partial charge in [-0.2, -0.15) is 0 Å². The average molecular weight is 1290 g/mol. The van der Waals surface area contributed by atoms with Crippen LogP contribution in [0.2, 0.25) is 0 Å². The van der Waals surface area contributed by atoms with Crippen molar-refractivity contribution in [3.05, 3.63) is 46.5 Å². The number of rotatable bonds is 4. The van der Waals surface area contributed by atoms with Crippen molar-refractivity contribution < 1.29 is 44.3 Å². The van der Waals surface area contributed by atoms with Gasteiger partial charge in [0.2, 0.25) is 0 Å². The summed E-state index contributed by atoms with van der Waals surface area (Å²) < 4.78 is 26.5. The number of likely N-dealkylation sites (N-methyl/N-ethyl adjacent to an activating group) is 1. The molecule has 8 aliphatic carbocycles. The van der Waals surface area contributed by atoms with E-state index in [1.807, 2.05) is 21.0 Å². The van der Waals surface area contributed by atoms with Crippen LogP contribution in [0.25, 0.3) is 0 Å². The molecule has 8 bridgehead atoms. The summed E-state index contributed by atoms with van der Waals surface area (Å²) in [5.74, 6) is 1.79. The number of phenols is 2. The molecule has 4 aliphatic heterocycles. The molecule has 2 saturated heterocycles. The summed E-state index contributed by atoms with van der Waals surface area (Å²) in [6.45, 7) is 18.8. The molecule has 368 valence electrons. The Morgan fingerprint density at radius 3 is 1.59 bits per heavy atom. The Labute approximate surface area is 432 Å². The van der Waals surface area contributed by atoms with Crippen molar-refractivity contribution in [3.8, 4) is 23.0 Å². The van der Waals surface area contributed by atoms with Crippen molar-refractivity contribution >= 4 is 59.9 Å². The third-order valence-corrected chi connectivity index (χ3v) is 21.2. The first-order valence-electron chi connectivity index (χ1n) is 24.0. The van der Waals surface area contributed by atoms with Crippen LogP contribution in [-0.4, -0.2) is 106 Å². The normalized spacial score (nSPS) is 41.9. The molecule has 10 nitrogen and oxygen atoms in total. The second-order valence-electron chi connectivity index (χ2n) is 24.4. The first-order chi connectivity index (χ1) is 30.2. The van der Waals surface area contributed by atoms with E-state index in [4.69, 9.17) is 18.9 Å². The number of fused-ring (bicyclic) bond motifs is 4. The second kappa shape index (κ2) is 16.1. The molecule has 12 aliphatic rings. The topological polar surface area (TPSA) is 133 Å². The fourth-order valence-electron chi connectivity index (χ4n) is 17.4. The number of aliphatic hydroxyl groups is 2. The summed E-state index contributed by atoms with van der Waals surface area (Å²) in [5.41, 5.74) is 1.35. The van der Waals surface area contributed by atoms with E-state index in [0.29, 0.717) is 23.6 Å². The van der Waals surface area contributed by atoms with Crippen LogP contribution in [0, 0.1) is 33.5 Å². The van der Waals surface area contributed by atoms with Crippen LogP contribution >= 0.6 is 59.9 Å². The number of methoxy groups -OCH3 is 2. The first kappa shape index (κ1) is 51.1. The molecule has 0 amide bonds. The third-order valence-electron chi connectivity index (χ3n) is 21.2. The van der Waals surface area contributed by atoms with E-state index in [9.17, 15) is 20.4 Å². The van der Waals surface area contributed by atoms with Gasteiger partial charge in [0.1, 0.15) is 23.4 Å². The van der Waals surface area contributed by atoms with Crippen LogP contribution in [-0.2, 0) is 38.1 Å². The number of halogens is 3. The van der Waals surface area contributed by atoms with Gasteiger partial charge in [0.15, 0.2) is 23.0 Å².